The first kappa shape index (κ1) is 23.3. The molecule has 0 bridgehead atoms. The first-order valence-corrected chi connectivity index (χ1v) is 9.88. The number of hydrogen-bond acceptors (Lipinski definition) is 7. The second-order valence-electron chi connectivity index (χ2n) is 6.96. The number of nitrogens with one attached hydrogen (secondary N) is 1. The van der Waals surface area contributed by atoms with E-state index in [1.165, 1.54) is 7.11 Å². The summed E-state index contributed by atoms with van der Waals surface area (Å²) in [6.45, 7) is 4.71. The quantitative estimate of drug-likeness (QED) is 0.443. The van der Waals surface area contributed by atoms with Crippen molar-refractivity contribution in [2.24, 2.45) is 0 Å². The summed E-state index contributed by atoms with van der Waals surface area (Å²) in [6, 6.07) is 10.2. The number of rotatable bonds is 11. The average Bonchev–Trinajstić information content (AvgIpc) is 2.74. The highest BCUT2D eigenvalue weighted by Crippen LogP contribution is 2.26. The molecule has 1 heterocycles. The molecule has 1 amide bonds. The number of methoxy groups -OCH3 is 1. The maximum atomic E-state index is 12.5. The van der Waals surface area contributed by atoms with E-state index in [2.05, 4.69) is 10.3 Å². The SMILES string of the molecule is CCN(CCN(C)C)C(=O)CNCc1cc(C(=O)Oc2ccccc2OC)ccn1. The third kappa shape index (κ3) is 7.13. The Bertz CT molecular complexity index is 841. The maximum absolute atomic E-state index is 12.5. The van der Waals surface area contributed by atoms with Gasteiger partial charge in [-0.15, -0.1) is 0 Å². The summed E-state index contributed by atoms with van der Waals surface area (Å²) in [5.74, 6) is 0.366. The summed E-state index contributed by atoms with van der Waals surface area (Å²) < 4.78 is 10.6. The molecular formula is C22H30N4O4. The van der Waals surface area contributed by atoms with Crippen molar-refractivity contribution in [2.45, 2.75) is 13.5 Å². The van der Waals surface area contributed by atoms with Crippen LogP contribution >= 0.6 is 0 Å². The van der Waals surface area contributed by atoms with E-state index in [4.69, 9.17) is 9.47 Å². The molecule has 1 aromatic carbocycles. The first-order chi connectivity index (χ1) is 14.4. The van der Waals surface area contributed by atoms with Crippen molar-refractivity contribution in [3.8, 4) is 11.5 Å². The highest BCUT2D eigenvalue weighted by atomic mass is 16.6. The van der Waals surface area contributed by atoms with E-state index in [0.29, 0.717) is 42.4 Å². The van der Waals surface area contributed by atoms with Crippen molar-refractivity contribution < 1.29 is 19.1 Å². The van der Waals surface area contributed by atoms with Crippen molar-refractivity contribution in [3.05, 3.63) is 53.9 Å². The number of benzene rings is 1. The summed E-state index contributed by atoms with van der Waals surface area (Å²) in [7, 11) is 5.48. The number of para-hydroxylation sites is 2. The minimum absolute atomic E-state index is 0.0334. The Hall–Kier alpha value is -2.97. The van der Waals surface area contributed by atoms with Crippen molar-refractivity contribution in [1.82, 2.24) is 20.1 Å². The molecular weight excluding hydrogens is 384 g/mol. The van der Waals surface area contributed by atoms with Gasteiger partial charge in [0.15, 0.2) is 11.5 Å². The molecule has 30 heavy (non-hydrogen) atoms. The van der Waals surface area contributed by atoms with Crippen LogP contribution in [0.15, 0.2) is 42.6 Å². The molecule has 0 radical (unpaired) electrons. The predicted octanol–water partition coefficient (Wildman–Crippen LogP) is 1.81. The molecule has 0 unspecified atom stereocenters. The van der Waals surface area contributed by atoms with Crippen LogP contribution in [0.2, 0.25) is 0 Å². The zero-order valence-electron chi connectivity index (χ0n) is 18.1. The number of nitrogens with zero attached hydrogens (tertiary/aromatic N) is 3. The fourth-order valence-corrected chi connectivity index (χ4v) is 2.75. The van der Waals surface area contributed by atoms with E-state index < -0.39 is 5.97 Å². The predicted molar refractivity (Wildman–Crippen MR) is 115 cm³/mol. The average molecular weight is 415 g/mol. The Balaban J connectivity index is 1.90. The number of ether oxygens (including phenoxy) is 2. The van der Waals surface area contributed by atoms with E-state index in [1.54, 1.807) is 42.6 Å². The molecule has 0 aliphatic carbocycles. The van der Waals surface area contributed by atoms with E-state index in [1.807, 2.05) is 30.8 Å². The topological polar surface area (TPSA) is 84.0 Å². The normalized spacial score (nSPS) is 10.7. The molecule has 2 aromatic rings. The fourth-order valence-electron chi connectivity index (χ4n) is 2.75. The Morgan fingerprint density at radius 1 is 1.10 bits per heavy atom. The lowest BCUT2D eigenvalue weighted by Crippen LogP contribution is -2.41. The molecule has 162 valence electrons. The van der Waals surface area contributed by atoms with Gasteiger partial charge in [-0.25, -0.2) is 4.79 Å². The third-order valence-electron chi connectivity index (χ3n) is 4.46. The van der Waals surface area contributed by atoms with Gasteiger partial charge in [-0.3, -0.25) is 9.78 Å². The first-order valence-electron chi connectivity index (χ1n) is 9.88. The molecule has 2 rings (SSSR count). The fraction of sp³-hybridized carbons (Fsp3) is 0.409. The monoisotopic (exact) mass is 414 g/mol. The van der Waals surface area contributed by atoms with Crippen LogP contribution < -0.4 is 14.8 Å². The molecule has 1 N–H and O–H groups in total. The molecule has 8 nitrogen and oxygen atoms in total. The number of aromatic nitrogens is 1. The molecule has 8 heteroatoms. The molecule has 0 aliphatic rings. The largest absolute Gasteiger partial charge is 0.493 e. The van der Waals surface area contributed by atoms with E-state index in [9.17, 15) is 9.59 Å². The van der Waals surface area contributed by atoms with Crippen LogP contribution in [0.3, 0.4) is 0 Å². The van der Waals surface area contributed by atoms with Gasteiger partial charge >= 0.3 is 5.97 Å². The van der Waals surface area contributed by atoms with Gasteiger partial charge in [-0.1, -0.05) is 12.1 Å². The van der Waals surface area contributed by atoms with Gasteiger partial charge in [0.05, 0.1) is 24.9 Å². The highest BCUT2D eigenvalue weighted by molar-refractivity contribution is 5.91. The number of carbonyl (C=O) groups is 2. The van der Waals surface area contributed by atoms with Crippen molar-refractivity contribution in [1.29, 1.82) is 0 Å². The van der Waals surface area contributed by atoms with Crippen LogP contribution in [0.25, 0.3) is 0 Å². The van der Waals surface area contributed by atoms with Crippen molar-refractivity contribution in [3.63, 3.8) is 0 Å². The minimum atomic E-state index is -0.500. The molecule has 0 atom stereocenters. The molecule has 0 fully saturated rings. The Kier molecular flexibility index (Phi) is 9.24. The summed E-state index contributed by atoms with van der Waals surface area (Å²) >= 11 is 0. The molecule has 0 saturated carbocycles. The smallest absolute Gasteiger partial charge is 0.343 e. The minimum Gasteiger partial charge on any atom is -0.493 e. The Morgan fingerprint density at radius 2 is 1.83 bits per heavy atom. The van der Waals surface area contributed by atoms with Gasteiger partial charge in [-0.05, 0) is 45.3 Å². The lowest BCUT2D eigenvalue weighted by molar-refractivity contribution is -0.130. The second kappa shape index (κ2) is 11.9. The summed E-state index contributed by atoms with van der Waals surface area (Å²) in [5, 5.41) is 3.10. The van der Waals surface area contributed by atoms with Crippen LogP contribution in [0.1, 0.15) is 23.0 Å². The van der Waals surface area contributed by atoms with Gasteiger partial charge in [0.2, 0.25) is 5.91 Å². The number of pyridine rings is 1. The van der Waals surface area contributed by atoms with Gasteiger partial charge in [0.1, 0.15) is 0 Å². The zero-order valence-corrected chi connectivity index (χ0v) is 18.1. The maximum Gasteiger partial charge on any atom is 0.343 e. The lowest BCUT2D eigenvalue weighted by atomic mass is 10.2. The Labute approximate surface area is 177 Å². The van der Waals surface area contributed by atoms with Gasteiger partial charge in [0, 0.05) is 32.4 Å². The Morgan fingerprint density at radius 3 is 2.50 bits per heavy atom. The highest BCUT2D eigenvalue weighted by Gasteiger charge is 2.14. The summed E-state index contributed by atoms with van der Waals surface area (Å²) in [4.78, 5) is 32.9. The van der Waals surface area contributed by atoms with Crippen LogP contribution in [0.5, 0.6) is 11.5 Å². The van der Waals surface area contributed by atoms with Crippen LogP contribution in [0, 0.1) is 0 Å². The zero-order chi connectivity index (χ0) is 21.9. The lowest BCUT2D eigenvalue weighted by Gasteiger charge is -2.23. The second-order valence-corrected chi connectivity index (χ2v) is 6.96. The standard InChI is InChI=1S/C22H30N4O4/c1-5-26(13-12-25(2)3)21(27)16-23-15-18-14-17(10-11-24-18)22(28)30-20-9-7-6-8-19(20)29-4/h6-11,14,23H,5,12-13,15-16H2,1-4H3. The number of carbonyl (C=O) groups excluding carboxylic acids is 2. The van der Waals surface area contributed by atoms with E-state index >= 15 is 0 Å². The summed E-state index contributed by atoms with van der Waals surface area (Å²) in [5.41, 5.74) is 1.02. The molecule has 0 saturated heterocycles. The van der Waals surface area contributed by atoms with E-state index in [-0.39, 0.29) is 12.5 Å². The summed E-state index contributed by atoms with van der Waals surface area (Å²) in [6.07, 6.45) is 1.55. The van der Waals surface area contributed by atoms with E-state index in [0.717, 1.165) is 6.54 Å². The van der Waals surface area contributed by atoms with Gasteiger partial charge < -0.3 is 24.6 Å². The number of hydrogen-bond donors (Lipinski definition) is 1. The molecule has 0 aliphatic heterocycles. The van der Waals surface area contributed by atoms with Gasteiger partial charge in [0.25, 0.3) is 0 Å². The van der Waals surface area contributed by atoms with Crippen LogP contribution in [0.4, 0.5) is 0 Å². The van der Waals surface area contributed by atoms with Crippen LogP contribution in [-0.4, -0.2) is 74.0 Å². The number of amides is 1. The third-order valence-corrected chi connectivity index (χ3v) is 4.46. The van der Waals surface area contributed by atoms with Crippen LogP contribution in [-0.2, 0) is 11.3 Å². The molecule has 0 spiro atoms. The molecule has 1 aromatic heterocycles. The number of likely N-dealkylation sites (N-methyl/N-ethyl adjacent to an activating group) is 2. The van der Waals surface area contributed by atoms with Gasteiger partial charge in [-0.2, -0.15) is 0 Å². The number of esters is 1. The van der Waals surface area contributed by atoms with Crippen molar-refractivity contribution >= 4 is 11.9 Å². The van der Waals surface area contributed by atoms with Crippen molar-refractivity contribution in [2.75, 3.05) is 47.4 Å².